The summed E-state index contributed by atoms with van der Waals surface area (Å²) >= 11 is 9.18. The molecule has 3 heteroatoms. The normalized spacial score (nSPS) is 12.9. The molecule has 1 unspecified atom stereocenters. The number of halogens is 3. The van der Waals surface area contributed by atoms with Crippen molar-refractivity contribution < 1.29 is 4.39 Å². The van der Waals surface area contributed by atoms with Crippen molar-refractivity contribution in [3.8, 4) is 0 Å². The van der Waals surface area contributed by atoms with Crippen LogP contribution >= 0.6 is 27.5 Å². The summed E-state index contributed by atoms with van der Waals surface area (Å²) < 4.78 is 13.0. The third-order valence-electron chi connectivity index (χ3n) is 1.86. The molecule has 0 spiro atoms. The first-order valence-electron chi connectivity index (χ1n) is 4.14. The fourth-order valence-corrected chi connectivity index (χ4v) is 1.57. The lowest BCUT2D eigenvalue weighted by Gasteiger charge is -2.09. The monoisotopic (exact) mass is 264 g/mol. The van der Waals surface area contributed by atoms with E-state index in [0.29, 0.717) is 5.92 Å². The van der Waals surface area contributed by atoms with E-state index in [0.717, 1.165) is 17.3 Å². The zero-order chi connectivity index (χ0) is 9.84. The van der Waals surface area contributed by atoms with Crippen LogP contribution in [-0.4, -0.2) is 5.33 Å². The summed E-state index contributed by atoms with van der Waals surface area (Å²) in [6.07, 6.45) is 0.807. The molecule has 0 radical (unpaired) electrons. The van der Waals surface area contributed by atoms with Crippen LogP contribution in [0.5, 0.6) is 0 Å². The van der Waals surface area contributed by atoms with Crippen LogP contribution in [0.25, 0.3) is 0 Å². The van der Waals surface area contributed by atoms with E-state index >= 15 is 0 Å². The van der Waals surface area contributed by atoms with Crippen molar-refractivity contribution in [1.82, 2.24) is 0 Å². The third-order valence-corrected chi connectivity index (χ3v) is 3.39. The van der Waals surface area contributed by atoms with Crippen molar-refractivity contribution in [3.05, 3.63) is 34.6 Å². The summed E-state index contributed by atoms with van der Waals surface area (Å²) in [6, 6.07) is 4.94. The van der Waals surface area contributed by atoms with Crippen LogP contribution < -0.4 is 0 Å². The molecule has 0 amide bonds. The summed E-state index contributed by atoms with van der Waals surface area (Å²) in [6.45, 7) is 2.09. The molecule has 0 aliphatic carbocycles. The first-order valence-corrected chi connectivity index (χ1v) is 5.64. The highest BCUT2D eigenvalue weighted by molar-refractivity contribution is 9.09. The van der Waals surface area contributed by atoms with Gasteiger partial charge >= 0.3 is 0 Å². The third kappa shape index (κ3) is 2.96. The molecule has 1 rings (SSSR count). The van der Waals surface area contributed by atoms with Gasteiger partial charge in [-0.15, -0.1) is 0 Å². The minimum Gasteiger partial charge on any atom is -0.205 e. The molecule has 1 atom stereocenters. The topological polar surface area (TPSA) is 0 Å². The van der Waals surface area contributed by atoms with Gasteiger partial charge in [0.1, 0.15) is 5.82 Å². The standard InChI is InChI=1S/C10H11BrClF/c1-7(6-11)5-8-3-2-4-9(13)10(8)12/h2-4,7H,5-6H2,1H3. The quantitative estimate of drug-likeness (QED) is 0.723. The van der Waals surface area contributed by atoms with Gasteiger partial charge in [0.2, 0.25) is 0 Å². The molecule has 0 aliphatic rings. The van der Waals surface area contributed by atoms with Crippen molar-refractivity contribution in [2.75, 3.05) is 5.33 Å². The van der Waals surface area contributed by atoms with Gasteiger partial charge in [-0.05, 0) is 24.0 Å². The maximum absolute atomic E-state index is 13.0. The van der Waals surface area contributed by atoms with Gasteiger partial charge in [-0.3, -0.25) is 0 Å². The second-order valence-electron chi connectivity index (χ2n) is 3.18. The second-order valence-corrected chi connectivity index (χ2v) is 4.20. The second kappa shape index (κ2) is 4.97. The van der Waals surface area contributed by atoms with Crippen molar-refractivity contribution in [2.45, 2.75) is 13.3 Å². The molecule has 72 valence electrons. The van der Waals surface area contributed by atoms with Gasteiger partial charge in [0.15, 0.2) is 0 Å². The van der Waals surface area contributed by atoms with E-state index < -0.39 is 0 Å². The van der Waals surface area contributed by atoms with Crippen molar-refractivity contribution >= 4 is 27.5 Å². The number of rotatable bonds is 3. The molecule has 0 aromatic heterocycles. The average Bonchev–Trinajstić information content (AvgIpc) is 2.13. The molecule has 0 N–H and O–H groups in total. The van der Waals surface area contributed by atoms with E-state index in [1.165, 1.54) is 6.07 Å². The van der Waals surface area contributed by atoms with Crippen molar-refractivity contribution in [3.63, 3.8) is 0 Å². The minimum atomic E-state index is -0.332. The van der Waals surface area contributed by atoms with Gasteiger partial charge in [0, 0.05) is 5.33 Å². The Kier molecular flexibility index (Phi) is 4.20. The van der Waals surface area contributed by atoms with Gasteiger partial charge in [0.05, 0.1) is 5.02 Å². The van der Waals surface area contributed by atoms with Gasteiger partial charge in [-0.25, -0.2) is 4.39 Å². The molecular weight excluding hydrogens is 254 g/mol. The van der Waals surface area contributed by atoms with Crippen molar-refractivity contribution in [2.24, 2.45) is 5.92 Å². The van der Waals surface area contributed by atoms with E-state index in [-0.39, 0.29) is 10.8 Å². The molecule has 0 nitrogen and oxygen atoms in total. The Bertz CT molecular complexity index is 288. The maximum atomic E-state index is 13.0. The number of alkyl halides is 1. The lowest BCUT2D eigenvalue weighted by molar-refractivity contribution is 0.617. The molecular formula is C10H11BrClF. The highest BCUT2D eigenvalue weighted by Crippen LogP contribution is 2.22. The SMILES string of the molecule is CC(CBr)Cc1cccc(F)c1Cl. The van der Waals surface area contributed by atoms with E-state index in [9.17, 15) is 4.39 Å². The largest absolute Gasteiger partial charge is 0.205 e. The molecule has 0 fully saturated rings. The highest BCUT2D eigenvalue weighted by Gasteiger charge is 2.08. The lowest BCUT2D eigenvalue weighted by atomic mass is 10.0. The van der Waals surface area contributed by atoms with Crippen LogP contribution in [0.4, 0.5) is 4.39 Å². The zero-order valence-corrected chi connectivity index (χ0v) is 9.70. The number of benzene rings is 1. The predicted molar refractivity (Wildman–Crippen MR) is 58.1 cm³/mol. The first-order chi connectivity index (χ1) is 6.15. The Morgan fingerprint density at radius 1 is 1.54 bits per heavy atom. The fraction of sp³-hybridized carbons (Fsp3) is 0.400. The smallest absolute Gasteiger partial charge is 0.142 e. The van der Waals surface area contributed by atoms with Gasteiger partial charge < -0.3 is 0 Å². The maximum Gasteiger partial charge on any atom is 0.142 e. The Morgan fingerprint density at radius 2 is 2.23 bits per heavy atom. The van der Waals surface area contributed by atoms with E-state index in [1.807, 2.05) is 6.07 Å². The zero-order valence-electron chi connectivity index (χ0n) is 7.36. The molecule has 0 heterocycles. The molecule has 0 bridgehead atoms. The summed E-state index contributed by atoms with van der Waals surface area (Å²) in [5.41, 5.74) is 0.883. The summed E-state index contributed by atoms with van der Waals surface area (Å²) in [7, 11) is 0. The molecule has 13 heavy (non-hydrogen) atoms. The van der Waals surface area contributed by atoms with Gasteiger partial charge in [0.25, 0.3) is 0 Å². The van der Waals surface area contributed by atoms with Gasteiger partial charge in [-0.1, -0.05) is 46.6 Å². The summed E-state index contributed by atoms with van der Waals surface area (Å²) in [5, 5.41) is 1.16. The minimum absolute atomic E-state index is 0.260. The Hall–Kier alpha value is -0.0800. The predicted octanol–water partition coefficient (Wildman–Crippen LogP) is 4.05. The Labute approximate surface area is 91.2 Å². The average molecular weight is 266 g/mol. The summed E-state index contributed by atoms with van der Waals surface area (Å²) in [5.74, 6) is 0.139. The van der Waals surface area contributed by atoms with E-state index in [4.69, 9.17) is 11.6 Å². The van der Waals surface area contributed by atoms with Crippen LogP contribution in [0.1, 0.15) is 12.5 Å². The van der Waals surface area contributed by atoms with Crippen LogP contribution in [0.3, 0.4) is 0 Å². The van der Waals surface area contributed by atoms with Crippen LogP contribution in [0.15, 0.2) is 18.2 Å². The van der Waals surface area contributed by atoms with Crippen LogP contribution in [0.2, 0.25) is 5.02 Å². The molecule has 0 saturated carbocycles. The summed E-state index contributed by atoms with van der Waals surface area (Å²) in [4.78, 5) is 0. The molecule has 0 saturated heterocycles. The number of hydrogen-bond donors (Lipinski definition) is 0. The van der Waals surface area contributed by atoms with Crippen molar-refractivity contribution in [1.29, 1.82) is 0 Å². The van der Waals surface area contributed by atoms with Gasteiger partial charge in [-0.2, -0.15) is 0 Å². The van der Waals surface area contributed by atoms with E-state index in [2.05, 4.69) is 22.9 Å². The van der Waals surface area contributed by atoms with Crippen LogP contribution in [-0.2, 0) is 6.42 Å². The molecule has 1 aromatic rings. The molecule has 0 aliphatic heterocycles. The molecule has 1 aromatic carbocycles. The number of hydrogen-bond acceptors (Lipinski definition) is 0. The Balaban J connectivity index is 2.83. The lowest BCUT2D eigenvalue weighted by Crippen LogP contribution is -2.01. The van der Waals surface area contributed by atoms with Crippen LogP contribution in [0, 0.1) is 11.7 Å². The van der Waals surface area contributed by atoms with E-state index in [1.54, 1.807) is 6.07 Å². The fourth-order valence-electron chi connectivity index (χ4n) is 1.14. The highest BCUT2D eigenvalue weighted by atomic mass is 79.9. The Morgan fingerprint density at radius 3 is 2.85 bits per heavy atom. The first kappa shape index (κ1) is 11.0.